The van der Waals surface area contributed by atoms with Gasteiger partial charge < -0.3 is 5.32 Å². The van der Waals surface area contributed by atoms with Gasteiger partial charge in [0, 0.05) is 18.1 Å². The molecule has 0 fully saturated rings. The highest BCUT2D eigenvalue weighted by Crippen LogP contribution is 2.11. The van der Waals surface area contributed by atoms with Gasteiger partial charge in [0.05, 0.1) is 0 Å². The van der Waals surface area contributed by atoms with E-state index < -0.39 is 0 Å². The largest absolute Gasteiger partial charge is 0.312 e. The van der Waals surface area contributed by atoms with Crippen LogP contribution in [-0.2, 0) is 6.54 Å². The summed E-state index contributed by atoms with van der Waals surface area (Å²) in [6, 6.07) is 2.83. The third kappa shape index (κ3) is 6.20. The molecule has 17 heavy (non-hydrogen) atoms. The van der Waals surface area contributed by atoms with E-state index in [9.17, 15) is 0 Å². The Bertz CT molecular complexity index is 301. The molecular formula is C14H26N2S. The Balaban J connectivity index is 2.25. The van der Waals surface area contributed by atoms with Crippen LogP contribution >= 0.6 is 11.3 Å². The number of hydrogen-bond donors (Lipinski definition) is 1. The third-order valence-electron chi connectivity index (χ3n) is 2.98. The van der Waals surface area contributed by atoms with Crippen LogP contribution in [0.15, 0.2) is 16.8 Å². The van der Waals surface area contributed by atoms with E-state index >= 15 is 0 Å². The molecule has 0 saturated carbocycles. The lowest BCUT2D eigenvalue weighted by molar-refractivity contribution is 0.231. The van der Waals surface area contributed by atoms with Crippen LogP contribution in [0.4, 0.5) is 0 Å². The molecule has 0 radical (unpaired) electrons. The summed E-state index contributed by atoms with van der Waals surface area (Å²) < 4.78 is 0. The fraction of sp³-hybridized carbons (Fsp3) is 0.714. The van der Waals surface area contributed by atoms with E-state index in [1.165, 1.54) is 12.0 Å². The average molecular weight is 254 g/mol. The molecule has 1 N–H and O–H groups in total. The van der Waals surface area contributed by atoms with Crippen LogP contribution in [-0.4, -0.2) is 30.1 Å². The molecule has 0 amide bonds. The second-order valence-electron chi connectivity index (χ2n) is 5.86. The zero-order chi connectivity index (χ0) is 12.9. The summed E-state index contributed by atoms with van der Waals surface area (Å²) in [5.41, 5.74) is 1.65. The van der Waals surface area contributed by atoms with Crippen LogP contribution in [0, 0.1) is 0 Å². The van der Waals surface area contributed by atoms with E-state index in [1.54, 1.807) is 11.3 Å². The van der Waals surface area contributed by atoms with Crippen molar-refractivity contribution in [2.24, 2.45) is 0 Å². The third-order valence-corrected chi connectivity index (χ3v) is 3.71. The molecule has 0 spiro atoms. The molecule has 0 saturated heterocycles. The topological polar surface area (TPSA) is 15.3 Å². The minimum atomic E-state index is 0.228. The molecule has 0 aliphatic heterocycles. The van der Waals surface area contributed by atoms with Gasteiger partial charge in [-0.3, -0.25) is 4.90 Å². The number of nitrogens with one attached hydrogen (secondary N) is 1. The molecule has 0 aliphatic carbocycles. The van der Waals surface area contributed by atoms with Gasteiger partial charge in [0.15, 0.2) is 0 Å². The fourth-order valence-electron chi connectivity index (χ4n) is 1.70. The van der Waals surface area contributed by atoms with Gasteiger partial charge in [0.1, 0.15) is 0 Å². The van der Waals surface area contributed by atoms with Gasteiger partial charge in [-0.2, -0.15) is 11.3 Å². The first kappa shape index (κ1) is 14.7. The van der Waals surface area contributed by atoms with Gasteiger partial charge >= 0.3 is 0 Å². The lowest BCUT2D eigenvalue weighted by Gasteiger charge is -2.27. The van der Waals surface area contributed by atoms with Crippen LogP contribution in [0.5, 0.6) is 0 Å². The van der Waals surface area contributed by atoms with Crippen molar-refractivity contribution in [1.82, 2.24) is 10.2 Å². The van der Waals surface area contributed by atoms with Crippen LogP contribution in [0.25, 0.3) is 0 Å². The first-order chi connectivity index (χ1) is 7.88. The number of hydrogen-bond acceptors (Lipinski definition) is 3. The molecule has 0 aromatic carbocycles. The molecule has 98 valence electrons. The van der Waals surface area contributed by atoms with Crippen molar-refractivity contribution in [1.29, 1.82) is 0 Å². The first-order valence-electron chi connectivity index (χ1n) is 6.35. The molecule has 1 aromatic rings. The maximum Gasteiger partial charge on any atom is 0.0241 e. The van der Waals surface area contributed by atoms with E-state index in [4.69, 9.17) is 0 Å². The van der Waals surface area contributed by atoms with Gasteiger partial charge in [-0.1, -0.05) is 0 Å². The van der Waals surface area contributed by atoms with Gasteiger partial charge in [-0.05, 0) is 70.1 Å². The van der Waals surface area contributed by atoms with E-state index in [2.05, 4.69) is 61.8 Å². The Labute approximate surface area is 110 Å². The summed E-state index contributed by atoms with van der Waals surface area (Å²) in [4.78, 5) is 2.42. The molecule has 1 unspecified atom stereocenters. The summed E-state index contributed by atoms with van der Waals surface area (Å²) >= 11 is 1.78. The van der Waals surface area contributed by atoms with Crippen LogP contribution in [0.1, 0.15) is 39.7 Å². The fourth-order valence-corrected chi connectivity index (χ4v) is 2.36. The lowest BCUT2D eigenvalue weighted by Crippen LogP contribution is -2.39. The predicted molar refractivity (Wildman–Crippen MR) is 77.6 cm³/mol. The van der Waals surface area contributed by atoms with Crippen LogP contribution < -0.4 is 5.32 Å². The summed E-state index contributed by atoms with van der Waals surface area (Å²) in [5, 5.41) is 7.92. The van der Waals surface area contributed by atoms with Crippen molar-refractivity contribution in [3.05, 3.63) is 22.4 Å². The smallest absolute Gasteiger partial charge is 0.0241 e. The zero-order valence-corrected chi connectivity index (χ0v) is 12.6. The Morgan fingerprint density at radius 2 is 2.12 bits per heavy atom. The number of nitrogens with zero attached hydrogens (tertiary/aromatic N) is 1. The first-order valence-corrected chi connectivity index (χ1v) is 7.29. The predicted octanol–water partition coefficient (Wildman–Crippen LogP) is 3.35. The lowest BCUT2D eigenvalue weighted by atomic mass is 10.1. The normalized spacial score (nSPS) is 14.2. The van der Waals surface area contributed by atoms with Gasteiger partial charge in [-0.25, -0.2) is 0 Å². The molecule has 3 heteroatoms. The molecule has 1 rings (SSSR count). The Morgan fingerprint density at radius 3 is 2.65 bits per heavy atom. The van der Waals surface area contributed by atoms with Crippen molar-refractivity contribution in [3.63, 3.8) is 0 Å². The van der Waals surface area contributed by atoms with Crippen molar-refractivity contribution in [2.75, 3.05) is 13.6 Å². The quantitative estimate of drug-likeness (QED) is 0.837. The minimum absolute atomic E-state index is 0.228. The molecule has 1 atom stereocenters. The number of rotatable bonds is 6. The monoisotopic (exact) mass is 254 g/mol. The standard InChI is InChI=1S/C14H26N2S/c1-12(6-8-15-14(2,3)4)16(5)10-13-7-9-17-11-13/h7,9,11-12,15H,6,8,10H2,1-5H3. The number of thiophene rings is 1. The van der Waals surface area contributed by atoms with Gasteiger partial charge in [0.2, 0.25) is 0 Å². The minimum Gasteiger partial charge on any atom is -0.312 e. The molecular weight excluding hydrogens is 228 g/mol. The highest BCUT2D eigenvalue weighted by atomic mass is 32.1. The van der Waals surface area contributed by atoms with Crippen molar-refractivity contribution in [2.45, 2.75) is 52.2 Å². The van der Waals surface area contributed by atoms with Crippen molar-refractivity contribution >= 4 is 11.3 Å². The maximum atomic E-state index is 3.54. The zero-order valence-electron chi connectivity index (χ0n) is 11.8. The summed E-state index contributed by atoms with van der Waals surface area (Å²) in [7, 11) is 2.21. The highest BCUT2D eigenvalue weighted by molar-refractivity contribution is 7.07. The Hall–Kier alpha value is -0.380. The van der Waals surface area contributed by atoms with Crippen molar-refractivity contribution < 1.29 is 0 Å². The summed E-state index contributed by atoms with van der Waals surface area (Å²) in [6.07, 6.45) is 1.19. The molecule has 0 aliphatic rings. The Kier molecular flexibility index (Phi) is 5.63. The molecule has 0 bridgehead atoms. The second-order valence-corrected chi connectivity index (χ2v) is 6.64. The van der Waals surface area contributed by atoms with E-state index in [-0.39, 0.29) is 5.54 Å². The molecule has 2 nitrogen and oxygen atoms in total. The van der Waals surface area contributed by atoms with Gasteiger partial charge in [-0.15, -0.1) is 0 Å². The average Bonchev–Trinajstić information content (AvgIpc) is 2.68. The van der Waals surface area contributed by atoms with E-state index in [0.717, 1.165) is 13.1 Å². The van der Waals surface area contributed by atoms with Gasteiger partial charge in [0.25, 0.3) is 0 Å². The SMILES string of the molecule is CC(CCNC(C)(C)C)N(C)Cc1ccsc1. The maximum absolute atomic E-state index is 3.54. The van der Waals surface area contributed by atoms with Crippen LogP contribution in [0.2, 0.25) is 0 Å². The van der Waals surface area contributed by atoms with Crippen LogP contribution in [0.3, 0.4) is 0 Å². The summed E-state index contributed by atoms with van der Waals surface area (Å²) in [5.74, 6) is 0. The molecule has 1 heterocycles. The second kappa shape index (κ2) is 6.53. The molecule has 1 aromatic heterocycles. The Morgan fingerprint density at radius 1 is 1.41 bits per heavy atom. The van der Waals surface area contributed by atoms with E-state index in [0.29, 0.717) is 6.04 Å². The highest BCUT2D eigenvalue weighted by Gasteiger charge is 2.12. The summed E-state index contributed by atoms with van der Waals surface area (Å²) in [6.45, 7) is 11.1. The van der Waals surface area contributed by atoms with Crippen molar-refractivity contribution in [3.8, 4) is 0 Å². The van der Waals surface area contributed by atoms with E-state index in [1.807, 2.05) is 0 Å².